The van der Waals surface area contributed by atoms with E-state index in [-0.39, 0.29) is 23.8 Å². The maximum Gasteiger partial charge on any atom is 0.166 e. The highest BCUT2D eigenvalue weighted by atomic mass is 16.5. The van der Waals surface area contributed by atoms with Crippen LogP contribution in [-0.4, -0.2) is 45.9 Å². The molecule has 0 amide bonds. The van der Waals surface area contributed by atoms with E-state index in [1.54, 1.807) is 6.07 Å². The van der Waals surface area contributed by atoms with Crippen LogP contribution in [0.5, 0.6) is 11.5 Å². The van der Waals surface area contributed by atoms with Crippen LogP contribution in [0, 0.1) is 11.8 Å². The second-order valence-electron chi connectivity index (χ2n) is 9.42. The summed E-state index contributed by atoms with van der Waals surface area (Å²) < 4.78 is 6.36. The van der Waals surface area contributed by atoms with E-state index in [9.17, 15) is 10.2 Å². The molecule has 2 saturated carbocycles. The predicted octanol–water partition coefficient (Wildman–Crippen LogP) is 2.76. The maximum absolute atomic E-state index is 12.3. The molecule has 6 rings (SSSR count). The number of ether oxygens (including phenoxy) is 1. The van der Waals surface area contributed by atoms with E-state index in [0.29, 0.717) is 5.75 Å². The van der Waals surface area contributed by atoms with Crippen molar-refractivity contribution in [1.82, 2.24) is 4.90 Å². The summed E-state index contributed by atoms with van der Waals surface area (Å²) in [5.41, 5.74) is 2.13. The fourth-order valence-corrected chi connectivity index (χ4v) is 6.87. The van der Waals surface area contributed by atoms with Gasteiger partial charge in [0.2, 0.25) is 0 Å². The first-order valence-electron chi connectivity index (χ1n) is 10.1. The Kier molecular flexibility index (Phi) is 2.78. The minimum atomic E-state index is -0.808. The van der Waals surface area contributed by atoms with Gasteiger partial charge in [-0.3, -0.25) is 4.90 Å². The van der Waals surface area contributed by atoms with Gasteiger partial charge in [-0.25, -0.2) is 0 Å². The molecule has 2 N–H and O–H groups in total. The van der Waals surface area contributed by atoms with E-state index in [4.69, 9.17) is 4.74 Å². The summed E-state index contributed by atoms with van der Waals surface area (Å²) in [4.78, 5) is 2.58. The van der Waals surface area contributed by atoms with Crippen molar-refractivity contribution in [2.45, 2.75) is 62.2 Å². The van der Waals surface area contributed by atoms with E-state index in [0.717, 1.165) is 49.4 Å². The fraction of sp³-hybridized carbons (Fsp3) is 0.636. The van der Waals surface area contributed by atoms with E-state index >= 15 is 0 Å². The number of piperidine rings is 1. The van der Waals surface area contributed by atoms with Crippen molar-refractivity contribution in [2.75, 3.05) is 13.1 Å². The topological polar surface area (TPSA) is 52.9 Å². The highest BCUT2D eigenvalue weighted by molar-refractivity contribution is 5.64. The SMILES string of the molecule is C=C1CC[C@@]2(O)[C@H]3Cc4ccc(O)c5c4[C@@]2(C(C)CN3CC2CC2)[C@H]1O5. The Morgan fingerprint density at radius 1 is 1.35 bits per heavy atom. The molecule has 3 fully saturated rings. The van der Waals surface area contributed by atoms with Crippen LogP contribution in [0.25, 0.3) is 0 Å². The Morgan fingerprint density at radius 2 is 2.15 bits per heavy atom. The number of nitrogens with zero attached hydrogens (tertiary/aromatic N) is 1. The molecule has 4 nitrogen and oxygen atoms in total. The quantitative estimate of drug-likeness (QED) is 0.803. The van der Waals surface area contributed by atoms with Crippen molar-refractivity contribution < 1.29 is 14.9 Å². The molecular formula is C22H27NO3. The van der Waals surface area contributed by atoms with Crippen LogP contribution in [0.15, 0.2) is 24.3 Å². The monoisotopic (exact) mass is 353 g/mol. The number of hydrogen-bond acceptors (Lipinski definition) is 4. The van der Waals surface area contributed by atoms with Crippen molar-refractivity contribution >= 4 is 0 Å². The lowest BCUT2D eigenvalue weighted by Crippen LogP contribution is -2.78. The van der Waals surface area contributed by atoms with Gasteiger partial charge >= 0.3 is 0 Å². The van der Waals surface area contributed by atoms with Crippen LogP contribution in [0.3, 0.4) is 0 Å². The molecule has 5 aliphatic rings. The van der Waals surface area contributed by atoms with Gasteiger partial charge in [0.05, 0.1) is 11.0 Å². The average Bonchev–Trinajstić information content (AvgIpc) is 3.33. The number of phenolic OH excluding ortho intramolecular Hbond substituents is 1. The summed E-state index contributed by atoms with van der Waals surface area (Å²) in [5, 5.41) is 22.7. The minimum absolute atomic E-state index is 0.140. The van der Waals surface area contributed by atoms with Gasteiger partial charge in [0, 0.05) is 24.7 Å². The standard InChI is InChI=1S/C22H27NO3/c1-12-7-8-21(25)17-9-15-5-6-16(24)19-18(15)22(21,20(12)26-19)13(2)10-23(17)11-14-3-4-14/h5-6,13-14,17,20,24-25H,1,3-4,7-11H2,2H3/t13?,17-,20+,21-,22+/m1/s1. The summed E-state index contributed by atoms with van der Waals surface area (Å²) in [6.45, 7) is 8.68. The number of aliphatic hydroxyl groups is 1. The van der Waals surface area contributed by atoms with Gasteiger partial charge in [-0.2, -0.15) is 0 Å². The first-order chi connectivity index (χ1) is 12.5. The number of aromatic hydroxyl groups is 1. The molecule has 1 spiro atoms. The van der Waals surface area contributed by atoms with E-state index in [1.807, 2.05) is 0 Å². The smallest absolute Gasteiger partial charge is 0.166 e. The van der Waals surface area contributed by atoms with E-state index in [1.165, 1.54) is 18.4 Å². The maximum atomic E-state index is 12.3. The third kappa shape index (κ3) is 1.56. The number of hydrogen-bond donors (Lipinski definition) is 2. The summed E-state index contributed by atoms with van der Waals surface area (Å²) in [7, 11) is 0. The van der Waals surface area contributed by atoms with Crippen molar-refractivity contribution in [1.29, 1.82) is 0 Å². The molecule has 2 heterocycles. The molecule has 2 bridgehead atoms. The third-order valence-corrected chi connectivity index (χ3v) is 8.08. The number of likely N-dealkylation sites (tertiary alicyclic amines) is 1. The zero-order valence-electron chi connectivity index (χ0n) is 15.4. The van der Waals surface area contributed by atoms with Gasteiger partial charge in [-0.05, 0) is 61.1 Å². The van der Waals surface area contributed by atoms with Crippen LogP contribution in [-0.2, 0) is 11.8 Å². The zero-order valence-corrected chi connectivity index (χ0v) is 15.4. The van der Waals surface area contributed by atoms with Crippen LogP contribution < -0.4 is 4.74 Å². The molecule has 26 heavy (non-hydrogen) atoms. The summed E-state index contributed by atoms with van der Waals surface area (Å²) in [6.07, 6.45) is 4.84. The predicted molar refractivity (Wildman–Crippen MR) is 98.5 cm³/mol. The lowest BCUT2D eigenvalue weighted by molar-refractivity contribution is -0.195. The number of phenols is 1. The Hall–Kier alpha value is -1.52. The molecule has 138 valence electrons. The normalized spacial score (nSPS) is 43.2. The van der Waals surface area contributed by atoms with Gasteiger partial charge in [-0.15, -0.1) is 0 Å². The van der Waals surface area contributed by atoms with Crippen LogP contribution in [0.2, 0.25) is 0 Å². The van der Waals surface area contributed by atoms with Gasteiger partial charge in [0.25, 0.3) is 0 Å². The Labute approximate surface area is 154 Å². The number of rotatable bonds is 2. The molecule has 3 aliphatic carbocycles. The molecular weight excluding hydrogens is 326 g/mol. The molecule has 4 heteroatoms. The van der Waals surface area contributed by atoms with E-state index in [2.05, 4.69) is 24.5 Å². The Bertz CT molecular complexity index is 831. The molecule has 1 aromatic carbocycles. The van der Waals surface area contributed by atoms with Gasteiger partial charge in [-0.1, -0.05) is 19.6 Å². The second kappa shape index (κ2) is 4.66. The van der Waals surface area contributed by atoms with Gasteiger partial charge in [0.15, 0.2) is 11.5 Å². The third-order valence-electron chi connectivity index (χ3n) is 8.08. The molecule has 0 radical (unpaired) electrons. The summed E-state index contributed by atoms with van der Waals surface area (Å²) >= 11 is 0. The van der Waals surface area contributed by atoms with Gasteiger partial charge < -0.3 is 14.9 Å². The molecule has 5 atom stereocenters. The first kappa shape index (κ1) is 15.5. The second-order valence-corrected chi connectivity index (χ2v) is 9.42. The van der Waals surface area contributed by atoms with Crippen molar-refractivity contribution in [3.05, 3.63) is 35.4 Å². The minimum Gasteiger partial charge on any atom is -0.504 e. The van der Waals surface area contributed by atoms with Crippen LogP contribution in [0.1, 0.15) is 43.7 Å². The Morgan fingerprint density at radius 3 is 2.92 bits per heavy atom. The highest BCUT2D eigenvalue weighted by Gasteiger charge is 2.74. The zero-order chi connectivity index (χ0) is 17.8. The molecule has 2 aliphatic heterocycles. The molecule has 0 aromatic heterocycles. The molecule has 1 unspecified atom stereocenters. The lowest BCUT2D eigenvalue weighted by Gasteiger charge is -2.65. The van der Waals surface area contributed by atoms with Crippen molar-refractivity contribution in [2.24, 2.45) is 11.8 Å². The lowest BCUT2D eigenvalue weighted by atomic mass is 9.45. The van der Waals surface area contributed by atoms with Crippen molar-refractivity contribution in [3.63, 3.8) is 0 Å². The van der Waals surface area contributed by atoms with Crippen molar-refractivity contribution in [3.8, 4) is 11.5 Å². The van der Waals surface area contributed by atoms with E-state index < -0.39 is 11.0 Å². The van der Waals surface area contributed by atoms with Crippen LogP contribution in [0.4, 0.5) is 0 Å². The van der Waals surface area contributed by atoms with Gasteiger partial charge in [0.1, 0.15) is 6.10 Å². The summed E-state index contributed by atoms with van der Waals surface area (Å²) in [5.74, 6) is 1.88. The number of benzene rings is 1. The highest BCUT2D eigenvalue weighted by Crippen LogP contribution is 2.67. The first-order valence-corrected chi connectivity index (χ1v) is 10.1. The Balaban J connectivity index is 1.61. The largest absolute Gasteiger partial charge is 0.504 e. The molecule has 1 saturated heterocycles. The summed E-state index contributed by atoms with van der Waals surface area (Å²) in [6, 6.07) is 3.96. The average molecular weight is 353 g/mol. The van der Waals surface area contributed by atoms with Crippen LogP contribution >= 0.6 is 0 Å². The fourth-order valence-electron chi connectivity index (χ4n) is 6.87. The molecule has 1 aromatic rings.